The lowest BCUT2D eigenvalue weighted by atomic mass is 9.64. The lowest BCUT2D eigenvalue weighted by molar-refractivity contribution is 0.101. The van der Waals surface area contributed by atoms with Gasteiger partial charge in [-0.25, -0.2) is 0 Å². The molecule has 0 heterocycles. The lowest BCUT2D eigenvalue weighted by Gasteiger charge is -2.38. The van der Waals surface area contributed by atoms with Gasteiger partial charge in [0.25, 0.3) is 0 Å². The normalized spacial score (nSPS) is 12.2. The van der Waals surface area contributed by atoms with Crippen LogP contribution in [0.5, 0.6) is 34.5 Å². The fraction of sp³-hybridized carbons (Fsp3) is 0.241. The molecule has 6 N–H and O–H groups in total. The van der Waals surface area contributed by atoms with E-state index >= 15 is 0 Å². The van der Waals surface area contributed by atoms with Crippen molar-refractivity contribution in [2.24, 2.45) is 0 Å². The van der Waals surface area contributed by atoms with Crippen LogP contribution >= 0.6 is 0 Å². The van der Waals surface area contributed by atoms with E-state index in [1.165, 1.54) is 36.4 Å². The first kappa shape index (κ1) is 94.1. The zero-order valence-electron chi connectivity index (χ0n) is 74.1. The Bertz CT molecular complexity index is 6600. The molecule has 0 fully saturated rings. The zero-order chi connectivity index (χ0) is 89.2. The van der Waals surface area contributed by atoms with Gasteiger partial charge in [-0.1, -0.05) is 330 Å². The molecule has 19 aromatic rings. The molecule has 21 rings (SSSR count). The Kier molecular flexibility index (Phi) is 32.8. The smallest absolute Gasteiger partial charge is 0.198 e. The molecule has 2 aliphatic rings. The van der Waals surface area contributed by atoms with Crippen LogP contribution in [0.1, 0.15) is 232 Å². The summed E-state index contributed by atoms with van der Waals surface area (Å²) >= 11 is 0. The quantitative estimate of drug-likeness (QED) is 0.0667. The summed E-state index contributed by atoms with van der Waals surface area (Å²) in [5.41, 5.74) is 3.87. The summed E-state index contributed by atoms with van der Waals surface area (Å²) in [6.45, 7) is 48.0. The van der Waals surface area contributed by atoms with Gasteiger partial charge in [0.2, 0.25) is 0 Å². The highest BCUT2D eigenvalue weighted by Gasteiger charge is 2.44. The Labute approximate surface area is 704 Å². The van der Waals surface area contributed by atoms with Gasteiger partial charge in [0.05, 0.1) is 32.7 Å². The Morgan fingerprint density at radius 2 is 0.425 bits per heavy atom. The molecule has 0 aromatic heterocycles. The van der Waals surface area contributed by atoms with Crippen molar-refractivity contribution in [1.29, 1.82) is 0 Å². The molecule has 19 aromatic carbocycles. The molecule has 620 valence electrons. The van der Waals surface area contributed by atoms with Crippen LogP contribution in [0.3, 0.4) is 0 Å². The second-order valence-corrected chi connectivity index (χ2v) is 25.2. The Morgan fingerprint density at radius 1 is 0.183 bits per heavy atom. The number of carbonyl (C=O) groups excluding carboxylic acids is 2. The van der Waals surface area contributed by atoms with Gasteiger partial charge in [0.15, 0.2) is 33.3 Å². The van der Waals surface area contributed by atoms with Gasteiger partial charge >= 0.3 is 0 Å². The van der Waals surface area contributed by atoms with E-state index in [0.717, 1.165) is 97.7 Å². The van der Waals surface area contributed by atoms with Gasteiger partial charge in [-0.05, 0) is 131 Å². The molecular weight excluding hydrogens is 1490 g/mol. The van der Waals surface area contributed by atoms with Crippen molar-refractivity contribution in [3.05, 3.63) is 304 Å². The van der Waals surface area contributed by atoms with E-state index < -0.39 is 0 Å². The number of hydrogen-bond acceptors (Lipinski definition) is 12. The van der Waals surface area contributed by atoms with Crippen molar-refractivity contribution >= 4 is 152 Å². The maximum absolute atomic E-state index is 13.4. The minimum atomic E-state index is -0.319. The molecule has 2 aliphatic carbocycles. The number of rotatable bonds is 1. The van der Waals surface area contributed by atoms with Crippen molar-refractivity contribution in [2.75, 3.05) is 0 Å². The Balaban J connectivity index is 0.000000220. The highest BCUT2D eigenvalue weighted by atomic mass is 16.3. The number of carbonyl (C=O) groups is 2. The van der Waals surface area contributed by atoms with Crippen LogP contribution < -0.4 is 21.7 Å². The van der Waals surface area contributed by atoms with Crippen molar-refractivity contribution in [2.45, 2.75) is 178 Å². The number of hydrogen-bond donors (Lipinski definition) is 6. The lowest BCUT2D eigenvalue weighted by Crippen LogP contribution is -2.29. The van der Waals surface area contributed by atoms with Gasteiger partial charge in [0.1, 0.15) is 34.5 Å². The van der Waals surface area contributed by atoms with Crippen LogP contribution in [-0.4, -0.2) is 42.2 Å². The summed E-state index contributed by atoms with van der Waals surface area (Å²) in [6, 6.07) is 64.3. The molecule has 0 radical (unpaired) electrons. The molecule has 120 heavy (non-hydrogen) atoms. The summed E-state index contributed by atoms with van der Waals surface area (Å²) in [4.78, 5) is 78.9. The molecule has 0 saturated carbocycles. The molecule has 2 unspecified atom stereocenters. The SMILES string of the molecule is CC.CC.CC.CC.CC.CC.CC.CC.CC.CC.CC.CC.O=C1c2ccccc2C(C2c3ccccc3C(=O)c3c(O)cccc32)c2cccc(O)c21.O=c1ccc2c3ccc(=O)c4c(O)c5cccc6c7cccc8c(O)c1c2c(c87)c(c56)c43.O=c1ccc2c3ccc(O)c4c(=O)c5ccccc5c(c43)c3c4ccccc4c(O)c1c23. The minimum absolute atomic E-state index is 0.0120. The highest BCUT2D eigenvalue weighted by Crippen LogP contribution is 2.57. The predicted octanol–water partition coefficient (Wildman–Crippen LogP) is 28.7. The molecular formula is C108H116O12. The number of phenols is 6. The van der Waals surface area contributed by atoms with E-state index in [0.29, 0.717) is 76.1 Å². The van der Waals surface area contributed by atoms with E-state index in [4.69, 9.17) is 0 Å². The third-order valence-electron chi connectivity index (χ3n) is 20.7. The fourth-order valence-electron chi connectivity index (χ4n) is 17.0. The standard InChI is InChI=1S/C28H12O4.C28H14O4.C28H18O4.12C2H6/c29-17-9-7-13-14-8-10-18(30)24-22(14)26-20-12(4-2-6-16(20)28(24)32)11-3-1-5-15-19(11)25(26)21(13)23(17)27(15)31;29-19-11-9-15-16-10-12-20(30)26-24(16)22(14-6-2-4-8-18(14)28(26)32)21-13-5-1-3-7-17(13)27(31)25(19)23(15)21;29-21-13-5-11-19-23(15-7-1-3-9-17(15)27(31)25(19)21)24-16-8-2-4-10-18(16)28(32)26-20(24)12-6-14-22(26)30;12*1-2/h1-10,31-32H;1-12,29,32H;1-14,23-24,29-30H;12*1-2H3. The largest absolute Gasteiger partial charge is 0.507 e. The molecule has 0 amide bonds. The number of phenolic OH excluding ortho intramolecular Hbond substituents is 6. The second kappa shape index (κ2) is 41.9. The van der Waals surface area contributed by atoms with Crippen LogP contribution in [0.15, 0.2) is 238 Å². The predicted molar refractivity (Wildman–Crippen MR) is 515 cm³/mol. The zero-order valence-corrected chi connectivity index (χ0v) is 74.1. The molecule has 0 spiro atoms. The Hall–Kier alpha value is -13.1. The average molecular weight is 1610 g/mol. The number of fused-ring (bicyclic) bond motifs is 12. The van der Waals surface area contributed by atoms with E-state index in [1.807, 2.05) is 281 Å². The first-order chi connectivity index (χ1) is 58.7. The first-order valence-electron chi connectivity index (χ1n) is 43.2. The molecule has 0 aliphatic heterocycles. The maximum atomic E-state index is 13.4. The highest BCUT2D eigenvalue weighted by molar-refractivity contribution is 6.50. The maximum Gasteiger partial charge on any atom is 0.198 e. The van der Waals surface area contributed by atoms with E-state index in [2.05, 4.69) is 0 Å². The summed E-state index contributed by atoms with van der Waals surface area (Å²) in [6.07, 6.45) is 0. The number of benzene rings is 19. The van der Waals surface area contributed by atoms with Gasteiger partial charge < -0.3 is 30.6 Å². The van der Waals surface area contributed by atoms with Crippen LogP contribution in [0.25, 0.3) is 140 Å². The van der Waals surface area contributed by atoms with E-state index in [1.54, 1.807) is 66.7 Å². The fourth-order valence-corrected chi connectivity index (χ4v) is 17.0. The van der Waals surface area contributed by atoms with Crippen LogP contribution in [0, 0.1) is 0 Å². The van der Waals surface area contributed by atoms with Gasteiger partial charge in [-0.15, -0.1) is 0 Å². The summed E-state index contributed by atoms with van der Waals surface area (Å²) in [5, 5.41) is 83.5. The molecule has 0 bridgehead atoms. The average Bonchev–Trinajstić information content (AvgIpc) is 0.695. The van der Waals surface area contributed by atoms with Crippen LogP contribution in [-0.2, 0) is 0 Å². The van der Waals surface area contributed by atoms with Crippen LogP contribution in [0.2, 0.25) is 0 Å². The summed E-state index contributed by atoms with van der Waals surface area (Å²) in [7, 11) is 0. The Morgan fingerprint density at radius 3 is 0.800 bits per heavy atom. The van der Waals surface area contributed by atoms with Gasteiger partial charge in [-0.2, -0.15) is 0 Å². The van der Waals surface area contributed by atoms with Crippen LogP contribution in [0.4, 0.5) is 0 Å². The number of aromatic hydroxyl groups is 6. The third-order valence-corrected chi connectivity index (χ3v) is 20.7. The molecule has 2 atom stereocenters. The minimum Gasteiger partial charge on any atom is -0.507 e. The van der Waals surface area contributed by atoms with Gasteiger partial charge in [-0.3, -0.25) is 28.8 Å². The van der Waals surface area contributed by atoms with Crippen molar-refractivity contribution in [3.63, 3.8) is 0 Å². The second-order valence-electron chi connectivity index (χ2n) is 25.2. The van der Waals surface area contributed by atoms with Crippen molar-refractivity contribution in [3.8, 4) is 34.5 Å². The first-order valence-corrected chi connectivity index (χ1v) is 43.2. The van der Waals surface area contributed by atoms with E-state index in [-0.39, 0.29) is 90.4 Å². The molecule has 12 heteroatoms. The van der Waals surface area contributed by atoms with Gasteiger partial charge in [0, 0.05) is 87.6 Å². The third kappa shape index (κ3) is 15.0. The van der Waals surface area contributed by atoms with Crippen molar-refractivity contribution in [1.82, 2.24) is 0 Å². The number of ketones is 2. The summed E-state index contributed by atoms with van der Waals surface area (Å²) < 4.78 is 0. The summed E-state index contributed by atoms with van der Waals surface area (Å²) in [5.74, 6) is -1.28. The topological polar surface area (TPSA) is 224 Å². The molecule has 12 nitrogen and oxygen atoms in total. The van der Waals surface area contributed by atoms with Crippen molar-refractivity contribution < 1.29 is 40.2 Å². The monoisotopic (exact) mass is 1600 g/mol. The molecule has 0 saturated heterocycles. The van der Waals surface area contributed by atoms with E-state index in [9.17, 15) is 59.4 Å².